The number of fused-ring (bicyclic) bond motifs is 1. The van der Waals surface area contributed by atoms with Crippen LogP contribution in [0.4, 0.5) is 0 Å². The summed E-state index contributed by atoms with van der Waals surface area (Å²) in [6.45, 7) is 7.80. The molecule has 27 heavy (non-hydrogen) atoms. The quantitative estimate of drug-likeness (QED) is 0.450. The molecule has 2 aromatic heterocycles. The molecular formula is C20H27N5OS. The van der Waals surface area contributed by atoms with Gasteiger partial charge in [0.2, 0.25) is 0 Å². The van der Waals surface area contributed by atoms with Gasteiger partial charge >= 0.3 is 0 Å². The Morgan fingerprint density at radius 2 is 2.07 bits per heavy atom. The summed E-state index contributed by atoms with van der Waals surface area (Å²) in [6.07, 6.45) is -0.576. The zero-order valence-corrected chi connectivity index (χ0v) is 17.1. The Kier molecular flexibility index (Phi) is 6.13. The normalized spacial score (nSPS) is 13.1. The molecule has 1 unspecified atom stereocenters. The Bertz CT molecular complexity index is 910. The highest BCUT2D eigenvalue weighted by Crippen LogP contribution is 2.29. The number of nitrogens with one attached hydrogen (secondary N) is 2. The van der Waals surface area contributed by atoms with Crippen molar-refractivity contribution in [1.29, 1.82) is 0 Å². The molecule has 1 atom stereocenters. The van der Waals surface area contributed by atoms with E-state index in [1.54, 1.807) is 11.3 Å². The number of aliphatic imine (C=N–C) groups is 1. The van der Waals surface area contributed by atoms with E-state index in [-0.39, 0.29) is 0 Å². The van der Waals surface area contributed by atoms with E-state index in [0.717, 1.165) is 28.4 Å². The lowest BCUT2D eigenvalue weighted by atomic mass is 10.2. The summed E-state index contributed by atoms with van der Waals surface area (Å²) >= 11 is 1.63. The molecule has 0 saturated carbocycles. The van der Waals surface area contributed by atoms with Gasteiger partial charge in [0, 0.05) is 41.0 Å². The van der Waals surface area contributed by atoms with Gasteiger partial charge in [0.1, 0.15) is 6.10 Å². The van der Waals surface area contributed by atoms with Crippen LogP contribution in [0.25, 0.3) is 10.1 Å². The Morgan fingerprint density at radius 3 is 2.74 bits per heavy atom. The van der Waals surface area contributed by atoms with E-state index in [0.29, 0.717) is 19.0 Å². The molecule has 144 valence electrons. The van der Waals surface area contributed by atoms with Crippen LogP contribution >= 0.6 is 11.3 Å². The molecule has 3 aromatic rings. The van der Waals surface area contributed by atoms with E-state index in [1.165, 1.54) is 10.1 Å². The standard InChI is InChI=1S/C20H27N5OS/c1-5-21-20(22-11-16-13(2)24-25(4)14(16)3)23-12-17(26)19-10-15-8-6-7-9-18(15)27-19/h6-10,17,26H,5,11-12H2,1-4H3,(H2,21,22,23). The topological polar surface area (TPSA) is 74.5 Å². The van der Waals surface area contributed by atoms with Crippen LogP contribution in [-0.4, -0.2) is 33.9 Å². The molecule has 0 saturated heterocycles. The predicted molar refractivity (Wildman–Crippen MR) is 112 cm³/mol. The maximum Gasteiger partial charge on any atom is 0.191 e. The van der Waals surface area contributed by atoms with Gasteiger partial charge in [-0.05, 0) is 38.3 Å². The van der Waals surface area contributed by atoms with E-state index < -0.39 is 6.10 Å². The molecule has 0 spiro atoms. The minimum atomic E-state index is -0.576. The zero-order chi connectivity index (χ0) is 19.4. The van der Waals surface area contributed by atoms with Crippen LogP contribution in [0.5, 0.6) is 0 Å². The van der Waals surface area contributed by atoms with E-state index >= 15 is 0 Å². The lowest BCUT2D eigenvalue weighted by Gasteiger charge is -2.14. The third-order valence-corrected chi connectivity index (χ3v) is 5.85. The third-order valence-electron chi connectivity index (χ3n) is 4.63. The molecule has 0 aliphatic rings. The maximum atomic E-state index is 10.6. The highest BCUT2D eigenvalue weighted by molar-refractivity contribution is 7.19. The molecule has 0 aliphatic carbocycles. The molecule has 3 rings (SSSR count). The van der Waals surface area contributed by atoms with Gasteiger partial charge in [-0.1, -0.05) is 18.2 Å². The average Bonchev–Trinajstić information content (AvgIpc) is 3.19. The van der Waals surface area contributed by atoms with Gasteiger partial charge in [0.15, 0.2) is 5.96 Å². The fraction of sp³-hybridized carbons (Fsp3) is 0.400. The Morgan fingerprint density at radius 1 is 1.30 bits per heavy atom. The van der Waals surface area contributed by atoms with Crippen LogP contribution in [0.3, 0.4) is 0 Å². The largest absolute Gasteiger partial charge is 0.386 e. The molecule has 2 heterocycles. The second kappa shape index (κ2) is 8.54. The number of guanidine groups is 1. The summed E-state index contributed by atoms with van der Waals surface area (Å²) < 4.78 is 3.07. The van der Waals surface area contributed by atoms with Crippen molar-refractivity contribution < 1.29 is 5.11 Å². The lowest BCUT2D eigenvalue weighted by Crippen LogP contribution is -2.39. The minimum absolute atomic E-state index is 0.406. The lowest BCUT2D eigenvalue weighted by molar-refractivity contribution is 0.184. The van der Waals surface area contributed by atoms with Crippen molar-refractivity contribution in [2.45, 2.75) is 33.4 Å². The van der Waals surface area contributed by atoms with Crippen molar-refractivity contribution in [1.82, 2.24) is 20.4 Å². The molecule has 0 amide bonds. The molecule has 1 aromatic carbocycles. The van der Waals surface area contributed by atoms with Crippen LogP contribution < -0.4 is 10.6 Å². The van der Waals surface area contributed by atoms with Crippen LogP contribution in [-0.2, 0) is 13.6 Å². The van der Waals surface area contributed by atoms with Crippen LogP contribution in [0, 0.1) is 13.8 Å². The zero-order valence-electron chi connectivity index (χ0n) is 16.3. The SMILES string of the molecule is CCNC(=NCc1c(C)nn(C)c1C)NCC(O)c1cc2ccccc2s1. The third kappa shape index (κ3) is 4.48. The number of aliphatic hydroxyl groups is 1. The first-order chi connectivity index (χ1) is 13.0. The summed E-state index contributed by atoms with van der Waals surface area (Å²) in [6, 6.07) is 10.2. The number of nitrogens with zero attached hydrogens (tertiary/aromatic N) is 3. The Balaban J connectivity index is 1.66. The highest BCUT2D eigenvalue weighted by Gasteiger charge is 2.13. The van der Waals surface area contributed by atoms with Gasteiger partial charge in [-0.25, -0.2) is 4.99 Å². The van der Waals surface area contributed by atoms with Gasteiger partial charge in [0.05, 0.1) is 12.2 Å². The molecule has 6 nitrogen and oxygen atoms in total. The average molecular weight is 386 g/mol. The fourth-order valence-corrected chi connectivity index (χ4v) is 4.06. The number of benzene rings is 1. The van der Waals surface area contributed by atoms with Gasteiger partial charge < -0.3 is 15.7 Å². The molecule has 0 bridgehead atoms. The van der Waals surface area contributed by atoms with E-state index in [4.69, 9.17) is 0 Å². The number of hydrogen-bond donors (Lipinski definition) is 3. The van der Waals surface area contributed by atoms with Gasteiger partial charge in [-0.15, -0.1) is 11.3 Å². The van der Waals surface area contributed by atoms with E-state index in [2.05, 4.69) is 45.8 Å². The molecule has 7 heteroatoms. The molecular weight excluding hydrogens is 358 g/mol. The van der Waals surface area contributed by atoms with E-state index in [9.17, 15) is 5.11 Å². The van der Waals surface area contributed by atoms with Crippen LogP contribution in [0.2, 0.25) is 0 Å². The van der Waals surface area contributed by atoms with Crippen molar-refractivity contribution in [2.75, 3.05) is 13.1 Å². The fourth-order valence-electron chi connectivity index (χ4n) is 3.01. The van der Waals surface area contributed by atoms with Crippen molar-refractivity contribution in [2.24, 2.45) is 12.0 Å². The van der Waals surface area contributed by atoms with Crippen molar-refractivity contribution in [3.63, 3.8) is 0 Å². The van der Waals surface area contributed by atoms with Crippen molar-refractivity contribution in [3.05, 3.63) is 52.2 Å². The number of aliphatic hydroxyl groups excluding tert-OH is 1. The number of aromatic nitrogens is 2. The summed E-state index contributed by atoms with van der Waals surface area (Å²) in [5, 5.41) is 22.7. The first kappa shape index (κ1) is 19.4. The molecule has 3 N–H and O–H groups in total. The highest BCUT2D eigenvalue weighted by atomic mass is 32.1. The molecule has 0 radical (unpaired) electrons. The summed E-state index contributed by atoms with van der Waals surface area (Å²) in [5.41, 5.74) is 3.26. The van der Waals surface area contributed by atoms with Crippen LogP contribution in [0.1, 0.15) is 34.9 Å². The number of rotatable bonds is 6. The first-order valence-electron chi connectivity index (χ1n) is 9.17. The monoisotopic (exact) mass is 385 g/mol. The Hall–Kier alpha value is -2.38. The van der Waals surface area contributed by atoms with Gasteiger partial charge in [-0.3, -0.25) is 4.68 Å². The summed E-state index contributed by atoms with van der Waals surface area (Å²) in [4.78, 5) is 5.62. The number of aryl methyl sites for hydroxylation is 2. The van der Waals surface area contributed by atoms with Crippen molar-refractivity contribution >= 4 is 27.4 Å². The van der Waals surface area contributed by atoms with Crippen molar-refractivity contribution in [3.8, 4) is 0 Å². The second-order valence-electron chi connectivity index (χ2n) is 6.55. The molecule has 0 fully saturated rings. The smallest absolute Gasteiger partial charge is 0.191 e. The summed E-state index contributed by atoms with van der Waals surface area (Å²) in [5.74, 6) is 0.695. The number of hydrogen-bond acceptors (Lipinski definition) is 4. The van der Waals surface area contributed by atoms with Gasteiger partial charge in [0.25, 0.3) is 0 Å². The molecule has 0 aliphatic heterocycles. The minimum Gasteiger partial charge on any atom is -0.386 e. The number of thiophene rings is 1. The Labute approximate surface area is 163 Å². The van der Waals surface area contributed by atoms with E-state index in [1.807, 2.05) is 37.7 Å². The predicted octanol–water partition coefficient (Wildman–Crippen LogP) is 3.04. The second-order valence-corrected chi connectivity index (χ2v) is 7.67. The first-order valence-corrected chi connectivity index (χ1v) is 9.99. The maximum absolute atomic E-state index is 10.6. The summed E-state index contributed by atoms with van der Waals surface area (Å²) in [7, 11) is 1.94. The van der Waals surface area contributed by atoms with Crippen LogP contribution in [0.15, 0.2) is 35.3 Å². The van der Waals surface area contributed by atoms with Gasteiger partial charge in [-0.2, -0.15) is 5.10 Å².